The van der Waals surface area contributed by atoms with Crippen LogP contribution in [0.4, 0.5) is 5.69 Å². The van der Waals surface area contributed by atoms with Gasteiger partial charge in [0.15, 0.2) is 0 Å². The van der Waals surface area contributed by atoms with Gasteiger partial charge in [0, 0.05) is 19.5 Å². The van der Waals surface area contributed by atoms with Crippen LogP contribution in [0.1, 0.15) is 24.5 Å². The second kappa shape index (κ2) is 8.04. The molecule has 2 aromatic carbocycles. The number of carbonyl (C=O) groups is 2. The molecular weight excluding hydrogens is 328 g/mol. The van der Waals surface area contributed by atoms with Gasteiger partial charge in [-0.05, 0) is 37.1 Å². The number of rotatable bonds is 6. The van der Waals surface area contributed by atoms with Crippen molar-refractivity contribution in [2.75, 3.05) is 18.1 Å². The Morgan fingerprint density at radius 3 is 2.69 bits per heavy atom. The number of ether oxygens (including phenoxy) is 1. The fourth-order valence-electron chi connectivity index (χ4n) is 3.21. The van der Waals surface area contributed by atoms with Crippen molar-refractivity contribution in [2.24, 2.45) is 5.92 Å². The van der Waals surface area contributed by atoms with Crippen molar-refractivity contribution in [3.63, 3.8) is 0 Å². The highest BCUT2D eigenvalue weighted by atomic mass is 16.5. The summed E-state index contributed by atoms with van der Waals surface area (Å²) < 4.78 is 5.62. The Kier molecular flexibility index (Phi) is 5.56. The highest BCUT2D eigenvalue weighted by molar-refractivity contribution is 6.01. The molecule has 1 aliphatic heterocycles. The number of anilines is 1. The third-order valence-corrected chi connectivity index (χ3v) is 4.67. The van der Waals surface area contributed by atoms with Crippen LogP contribution in [0.2, 0.25) is 0 Å². The molecule has 0 spiro atoms. The molecule has 1 N–H and O–H groups in total. The summed E-state index contributed by atoms with van der Waals surface area (Å²) in [6.45, 7) is 5.31. The molecule has 5 nitrogen and oxygen atoms in total. The summed E-state index contributed by atoms with van der Waals surface area (Å²) in [6, 6.07) is 15.4. The van der Waals surface area contributed by atoms with Crippen molar-refractivity contribution in [3.8, 4) is 5.75 Å². The van der Waals surface area contributed by atoms with Gasteiger partial charge in [-0.15, -0.1) is 0 Å². The summed E-state index contributed by atoms with van der Waals surface area (Å²) in [7, 11) is 0. The molecule has 0 radical (unpaired) electrons. The van der Waals surface area contributed by atoms with E-state index in [9.17, 15) is 9.59 Å². The zero-order valence-corrected chi connectivity index (χ0v) is 15.2. The zero-order chi connectivity index (χ0) is 18.5. The minimum absolute atomic E-state index is 0.0480. The van der Waals surface area contributed by atoms with Crippen LogP contribution in [-0.2, 0) is 16.1 Å². The van der Waals surface area contributed by atoms with Crippen molar-refractivity contribution in [1.29, 1.82) is 0 Å². The number of nitrogens with zero attached hydrogens (tertiary/aromatic N) is 1. The third kappa shape index (κ3) is 3.87. The first kappa shape index (κ1) is 18.0. The SMILES string of the molecule is CCOc1ccccc1N1C[C@@H](C(=O)NCc2ccccc2C)CC1=O. The monoisotopic (exact) mass is 352 g/mol. The molecule has 136 valence electrons. The van der Waals surface area contributed by atoms with Crippen LogP contribution >= 0.6 is 0 Å². The molecule has 1 aliphatic rings. The summed E-state index contributed by atoms with van der Waals surface area (Å²) in [4.78, 5) is 26.7. The highest BCUT2D eigenvalue weighted by Gasteiger charge is 2.36. The lowest BCUT2D eigenvalue weighted by atomic mass is 10.1. The minimum atomic E-state index is -0.346. The standard InChI is InChI=1S/C21H24N2O3/c1-3-26-19-11-7-6-10-18(19)23-14-17(12-20(23)24)21(25)22-13-16-9-5-4-8-15(16)2/h4-11,17H,3,12-14H2,1-2H3,(H,22,25)/t17-/m0/s1. The van der Waals surface area contributed by atoms with Gasteiger partial charge >= 0.3 is 0 Å². The Morgan fingerprint density at radius 2 is 1.92 bits per heavy atom. The maximum atomic E-state index is 12.5. The van der Waals surface area contributed by atoms with E-state index in [-0.39, 0.29) is 24.2 Å². The first-order valence-electron chi connectivity index (χ1n) is 8.94. The number of aryl methyl sites for hydroxylation is 1. The molecule has 0 saturated carbocycles. The van der Waals surface area contributed by atoms with Gasteiger partial charge in [0.25, 0.3) is 0 Å². The van der Waals surface area contributed by atoms with E-state index in [0.717, 1.165) is 16.8 Å². The van der Waals surface area contributed by atoms with Gasteiger partial charge in [0.05, 0.1) is 18.2 Å². The van der Waals surface area contributed by atoms with Gasteiger partial charge in [0.2, 0.25) is 11.8 Å². The molecule has 5 heteroatoms. The molecule has 2 amide bonds. The Morgan fingerprint density at radius 1 is 1.19 bits per heavy atom. The van der Waals surface area contributed by atoms with E-state index in [2.05, 4.69) is 5.32 Å². The molecule has 26 heavy (non-hydrogen) atoms. The molecule has 0 aliphatic carbocycles. The van der Waals surface area contributed by atoms with Gasteiger partial charge in [-0.3, -0.25) is 9.59 Å². The van der Waals surface area contributed by atoms with Gasteiger partial charge in [0.1, 0.15) is 5.75 Å². The van der Waals surface area contributed by atoms with Crippen molar-refractivity contribution in [3.05, 3.63) is 59.7 Å². The molecule has 1 fully saturated rings. The predicted octanol–water partition coefficient (Wildman–Crippen LogP) is 3.06. The Hall–Kier alpha value is -2.82. The molecule has 1 heterocycles. The van der Waals surface area contributed by atoms with Crippen LogP contribution < -0.4 is 15.0 Å². The van der Waals surface area contributed by atoms with Crippen molar-refractivity contribution >= 4 is 17.5 Å². The molecule has 0 unspecified atom stereocenters. The number of carbonyl (C=O) groups excluding carboxylic acids is 2. The minimum Gasteiger partial charge on any atom is -0.492 e. The van der Waals surface area contributed by atoms with Crippen LogP contribution in [0.25, 0.3) is 0 Å². The first-order valence-corrected chi connectivity index (χ1v) is 8.94. The lowest BCUT2D eigenvalue weighted by Crippen LogP contribution is -2.32. The van der Waals surface area contributed by atoms with Crippen LogP contribution in [0.5, 0.6) is 5.75 Å². The van der Waals surface area contributed by atoms with Crippen molar-refractivity contribution < 1.29 is 14.3 Å². The van der Waals surface area contributed by atoms with Gasteiger partial charge < -0.3 is 15.0 Å². The normalized spacial score (nSPS) is 16.6. The molecule has 0 aromatic heterocycles. The predicted molar refractivity (Wildman–Crippen MR) is 101 cm³/mol. The van der Waals surface area contributed by atoms with Crippen LogP contribution in [0, 0.1) is 12.8 Å². The fraction of sp³-hybridized carbons (Fsp3) is 0.333. The van der Waals surface area contributed by atoms with E-state index in [0.29, 0.717) is 25.4 Å². The smallest absolute Gasteiger partial charge is 0.227 e. The maximum Gasteiger partial charge on any atom is 0.227 e. The van der Waals surface area contributed by atoms with Gasteiger partial charge in [-0.2, -0.15) is 0 Å². The average molecular weight is 352 g/mol. The fourth-order valence-corrected chi connectivity index (χ4v) is 3.21. The van der Waals surface area contributed by atoms with E-state index in [4.69, 9.17) is 4.74 Å². The van der Waals surface area contributed by atoms with E-state index in [1.165, 1.54) is 0 Å². The maximum absolute atomic E-state index is 12.5. The average Bonchev–Trinajstić information content (AvgIpc) is 3.03. The third-order valence-electron chi connectivity index (χ3n) is 4.67. The Labute approximate surface area is 154 Å². The zero-order valence-electron chi connectivity index (χ0n) is 15.2. The topological polar surface area (TPSA) is 58.6 Å². The summed E-state index contributed by atoms with van der Waals surface area (Å²) >= 11 is 0. The number of hydrogen-bond acceptors (Lipinski definition) is 3. The second-order valence-corrected chi connectivity index (χ2v) is 6.45. The molecule has 3 rings (SSSR count). The largest absolute Gasteiger partial charge is 0.492 e. The van der Waals surface area contributed by atoms with Crippen LogP contribution in [-0.4, -0.2) is 25.0 Å². The molecular formula is C21H24N2O3. The quantitative estimate of drug-likeness (QED) is 0.869. The van der Waals surface area contributed by atoms with Crippen molar-refractivity contribution in [1.82, 2.24) is 5.32 Å². The van der Waals surface area contributed by atoms with E-state index < -0.39 is 0 Å². The van der Waals surface area contributed by atoms with Crippen LogP contribution in [0.15, 0.2) is 48.5 Å². The lowest BCUT2D eigenvalue weighted by Gasteiger charge is -2.20. The number of nitrogens with one attached hydrogen (secondary N) is 1. The highest BCUT2D eigenvalue weighted by Crippen LogP contribution is 2.33. The lowest BCUT2D eigenvalue weighted by molar-refractivity contribution is -0.126. The summed E-state index contributed by atoms with van der Waals surface area (Å²) in [6.07, 6.45) is 0.222. The number of amides is 2. The van der Waals surface area contributed by atoms with E-state index in [1.54, 1.807) is 4.90 Å². The van der Waals surface area contributed by atoms with E-state index >= 15 is 0 Å². The van der Waals surface area contributed by atoms with Crippen LogP contribution in [0.3, 0.4) is 0 Å². The number of benzene rings is 2. The van der Waals surface area contributed by atoms with Crippen molar-refractivity contribution in [2.45, 2.75) is 26.8 Å². The van der Waals surface area contributed by atoms with Gasteiger partial charge in [-0.1, -0.05) is 36.4 Å². The second-order valence-electron chi connectivity index (χ2n) is 6.45. The summed E-state index contributed by atoms with van der Waals surface area (Å²) in [5.74, 6) is 0.191. The Bertz CT molecular complexity index is 803. The van der Waals surface area contributed by atoms with Gasteiger partial charge in [-0.25, -0.2) is 0 Å². The molecule has 1 atom stereocenters. The molecule has 2 aromatic rings. The summed E-state index contributed by atoms with van der Waals surface area (Å²) in [5.41, 5.74) is 2.96. The number of hydrogen-bond donors (Lipinski definition) is 1. The molecule has 1 saturated heterocycles. The van der Waals surface area contributed by atoms with E-state index in [1.807, 2.05) is 62.4 Å². The molecule has 0 bridgehead atoms. The first-order chi connectivity index (χ1) is 12.6. The Balaban J connectivity index is 1.66. The summed E-state index contributed by atoms with van der Waals surface area (Å²) in [5, 5.41) is 2.96. The number of para-hydroxylation sites is 2.